The lowest BCUT2D eigenvalue weighted by molar-refractivity contribution is -0.140. The number of imidazole rings is 1. The maximum Gasteiger partial charge on any atom is 0.295 e. The maximum absolute atomic E-state index is 13.1. The minimum Gasteiger partial charge on any atom is -0.505 e. The van der Waals surface area contributed by atoms with Gasteiger partial charge >= 0.3 is 0 Å². The zero-order chi connectivity index (χ0) is 22.3. The molecule has 1 saturated heterocycles. The number of aromatic nitrogens is 2. The fraction of sp³-hybridized carbons (Fsp3) is 0.348. The Balaban J connectivity index is 1.86. The summed E-state index contributed by atoms with van der Waals surface area (Å²) < 4.78 is 7.33. The number of pyridine rings is 1. The number of ketones is 1. The Kier molecular flexibility index (Phi) is 5.41. The van der Waals surface area contributed by atoms with Crippen LogP contribution in [0, 0.1) is 13.8 Å². The normalized spacial score (nSPS) is 18.6. The highest BCUT2D eigenvalue weighted by atomic mass is 16.3. The molecule has 31 heavy (non-hydrogen) atoms. The number of Topliss-reactive ketones (excluding diaryl/α,β-unsaturated/α-hetero) is 1. The van der Waals surface area contributed by atoms with Crippen LogP contribution in [0.25, 0.3) is 11.4 Å². The number of nitrogens with zero attached hydrogens (tertiary/aromatic N) is 4. The molecule has 1 aliphatic rings. The Morgan fingerprint density at radius 1 is 1.23 bits per heavy atom. The van der Waals surface area contributed by atoms with Crippen LogP contribution in [0.2, 0.25) is 0 Å². The van der Waals surface area contributed by atoms with Crippen molar-refractivity contribution in [3.8, 4) is 0 Å². The van der Waals surface area contributed by atoms with Gasteiger partial charge in [0.15, 0.2) is 5.76 Å². The molecular formula is C23H26N4O4. The van der Waals surface area contributed by atoms with Crippen LogP contribution in [0.1, 0.15) is 35.2 Å². The van der Waals surface area contributed by atoms with E-state index in [4.69, 9.17) is 4.42 Å². The van der Waals surface area contributed by atoms with E-state index in [2.05, 4.69) is 4.98 Å². The molecule has 1 aliphatic heterocycles. The molecule has 4 rings (SSSR count). The molecule has 3 aromatic rings. The van der Waals surface area contributed by atoms with Gasteiger partial charge in [-0.05, 0) is 64.7 Å². The Morgan fingerprint density at radius 3 is 2.68 bits per heavy atom. The van der Waals surface area contributed by atoms with E-state index in [1.807, 2.05) is 38.1 Å². The number of furan rings is 1. The maximum atomic E-state index is 13.1. The first-order chi connectivity index (χ1) is 14.8. The molecule has 1 N–H and O–H groups in total. The molecule has 0 spiro atoms. The van der Waals surface area contributed by atoms with Crippen LogP contribution in [0.3, 0.4) is 0 Å². The van der Waals surface area contributed by atoms with Crippen molar-refractivity contribution in [1.29, 1.82) is 0 Å². The van der Waals surface area contributed by atoms with E-state index in [1.54, 1.807) is 29.7 Å². The van der Waals surface area contributed by atoms with Crippen LogP contribution >= 0.6 is 0 Å². The van der Waals surface area contributed by atoms with Gasteiger partial charge in [0.25, 0.3) is 11.7 Å². The highest BCUT2D eigenvalue weighted by Crippen LogP contribution is 2.40. The molecular weight excluding hydrogens is 396 g/mol. The van der Waals surface area contributed by atoms with Crippen LogP contribution in [-0.4, -0.2) is 63.2 Å². The number of hydrogen-bond donors (Lipinski definition) is 1. The van der Waals surface area contributed by atoms with Gasteiger partial charge in [-0.2, -0.15) is 0 Å². The number of carbonyl (C=O) groups excluding carboxylic acids is 2. The molecule has 4 heterocycles. The van der Waals surface area contributed by atoms with Crippen molar-refractivity contribution in [2.45, 2.75) is 26.3 Å². The lowest BCUT2D eigenvalue weighted by Gasteiger charge is -2.24. The minimum atomic E-state index is -0.785. The number of fused-ring (bicyclic) bond motifs is 1. The largest absolute Gasteiger partial charge is 0.505 e. The Bertz CT molecular complexity index is 1170. The van der Waals surface area contributed by atoms with E-state index in [0.29, 0.717) is 35.8 Å². The standard InChI is InChI=1S/C23H26N4O4/c1-14-8-5-11-26-18(15(2)24-22(14)26)20(28)17-19(16-9-6-13-31-16)27(23(30)21(17)29)12-7-10-25(3)4/h5-6,8-9,11,13,19,28H,7,10,12H2,1-4H3. The Morgan fingerprint density at radius 2 is 2.00 bits per heavy atom. The molecule has 8 nitrogen and oxygen atoms in total. The zero-order valence-electron chi connectivity index (χ0n) is 18.1. The number of likely N-dealkylation sites (tertiary alicyclic amines) is 1. The predicted octanol–water partition coefficient (Wildman–Crippen LogP) is 2.92. The number of aliphatic hydroxyl groups excluding tert-OH is 1. The summed E-state index contributed by atoms with van der Waals surface area (Å²) in [6, 6.07) is 6.42. The lowest BCUT2D eigenvalue weighted by atomic mass is 10.0. The van der Waals surface area contributed by atoms with Gasteiger partial charge in [-0.15, -0.1) is 0 Å². The fourth-order valence-electron chi connectivity index (χ4n) is 4.14. The monoisotopic (exact) mass is 422 g/mol. The van der Waals surface area contributed by atoms with Crippen molar-refractivity contribution >= 4 is 23.1 Å². The van der Waals surface area contributed by atoms with E-state index >= 15 is 0 Å². The summed E-state index contributed by atoms with van der Waals surface area (Å²) in [6.07, 6.45) is 3.97. The summed E-state index contributed by atoms with van der Waals surface area (Å²) >= 11 is 0. The topological polar surface area (TPSA) is 91.3 Å². The van der Waals surface area contributed by atoms with Crippen LogP contribution in [-0.2, 0) is 9.59 Å². The molecule has 0 aromatic carbocycles. The highest BCUT2D eigenvalue weighted by Gasteiger charge is 2.47. The molecule has 8 heteroatoms. The first kappa shape index (κ1) is 20.9. The van der Waals surface area contributed by atoms with Crippen LogP contribution < -0.4 is 0 Å². The number of amides is 1. The van der Waals surface area contributed by atoms with E-state index in [-0.39, 0.29) is 11.3 Å². The fourth-order valence-corrected chi connectivity index (χ4v) is 4.14. The first-order valence-corrected chi connectivity index (χ1v) is 10.2. The number of aliphatic hydroxyl groups is 1. The summed E-state index contributed by atoms with van der Waals surface area (Å²) in [5.41, 5.74) is 2.63. The van der Waals surface area contributed by atoms with Gasteiger partial charge in [-0.25, -0.2) is 4.98 Å². The number of hydrogen-bond acceptors (Lipinski definition) is 6. The highest BCUT2D eigenvalue weighted by molar-refractivity contribution is 6.46. The van der Waals surface area contributed by atoms with Gasteiger partial charge in [-0.3, -0.25) is 14.0 Å². The van der Waals surface area contributed by atoms with Gasteiger partial charge < -0.3 is 19.3 Å². The molecule has 0 saturated carbocycles. The Labute approximate surface area is 180 Å². The molecule has 3 aromatic heterocycles. The zero-order valence-corrected chi connectivity index (χ0v) is 18.1. The van der Waals surface area contributed by atoms with Crippen molar-refractivity contribution in [3.63, 3.8) is 0 Å². The minimum absolute atomic E-state index is 0.0243. The molecule has 0 radical (unpaired) electrons. The first-order valence-electron chi connectivity index (χ1n) is 10.2. The summed E-state index contributed by atoms with van der Waals surface area (Å²) in [5.74, 6) is -1.16. The number of carbonyl (C=O) groups is 2. The predicted molar refractivity (Wildman–Crippen MR) is 116 cm³/mol. The lowest BCUT2D eigenvalue weighted by Crippen LogP contribution is -2.32. The third-order valence-electron chi connectivity index (χ3n) is 5.60. The molecule has 0 bridgehead atoms. The van der Waals surface area contributed by atoms with Crippen LogP contribution in [0.15, 0.2) is 46.7 Å². The van der Waals surface area contributed by atoms with Crippen molar-refractivity contribution in [2.24, 2.45) is 0 Å². The Hall–Kier alpha value is -3.39. The van der Waals surface area contributed by atoms with Gasteiger partial charge in [-0.1, -0.05) is 6.07 Å². The summed E-state index contributed by atoms with van der Waals surface area (Å²) in [5, 5.41) is 11.3. The van der Waals surface area contributed by atoms with Crippen LogP contribution in [0.5, 0.6) is 0 Å². The van der Waals surface area contributed by atoms with Crippen molar-refractivity contribution in [1.82, 2.24) is 19.2 Å². The van der Waals surface area contributed by atoms with Gasteiger partial charge in [0.05, 0.1) is 17.5 Å². The van der Waals surface area contributed by atoms with E-state index in [1.165, 1.54) is 11.2 Å². The van der Waals surface area contributed by atoms with Gasteiger partial charge in [0.1, 0.15) is 23.1 Å². The summed E-state index contributed by atoms with van der Waals surface area (Å²) in [7, 11) is 3.90. The second kappa shape index (κ2) is 8.03. The molecule has 162 valence electrons. The van der Waals surface area contributed by atoms with E-state index in [9.17, 15) is 14.7 Å². The molecule has 1 amide bonds. The molecule has 1 fully saturated rings. The smallest absolute Gasteiger partial charge is 0.295 e. The number of aryl methyl sites for hydroxylation is 2. The molecule has 0 aliphatic carbocycles. The molecule has 1 unspecified atom stereocenters. The van der Waals surface area contributed by atoms with Crippen molar-refractivity contribution in [2.75, 3.05) is 27.2 Å². The number of rotatable bonds is 6. The third kappa shape index (κ3) is 3.53. The van der Waals surface area contributed by atoms with E-state index in [0.717, 1.165) is 12.1 Å². The average Bonchev–Trinajstić information content (AvgIpc) is 3.41. The van der Waals surface area contributed by atoms with Gasteiger partial charge in [0.2, 0.25) is 0 Å². The van der Waals surface area contributed by atoms with Crippen LogP contribution in [0.4, 0.5) is 0 Å². The van der Waals surface area contributed by atoms with Gasteiger partial charge in [0, 0.05) is 12.7 Å². The SMILES string of the molecule is Cc1nc2c(C)cccn2c1C(O)=C1C(=O)C(=O)N(CCCN(C)C)C1c1ccco1. The quantitative estimate of drug-likeness (QED) is 0.373. The molecule has 1 atom stereocenters. The second-order valence-electron chi connectivity index (χ2n) is 8.10. The van der Waals surface area contributed by atoms with E-state index < -0.39 is 17.7 Å². The third-order valence-corrected chi connectivity index (χ3v) is 5.60. The van der Waals surface area contributed by atoms with Crippen molar-refractivity contribution < 1.29 is 19.1 Å². The second-order valence-corrected chi connectivity index (χ2v) is 8.10. The van der Waals surface area contributed by atoms with Crippen molar-refractivity contribution in [3.05, 3.63) is 65.0 Å². The average molecular weight is 422 g/mol. The summed E-state index contributed by atoms with van der Waals surface area (Å²) in [4.78, 5) is 34.1. The summed E-state index contributed by atoms with van der Waals surface area (Å²) in [6.45, 7) is 4.84.